The number of nitrogens with one attached hydrogen (secondary N) is 1. The minimum atomic E-state index is -0.239. The molecule has 0 amide bonds. The second kappa shape index (κ2) is 5.29. The van der Waals surface area contributed by atoms with Crippen LogP contribution in [-0.2, 0) is 0 Å². The van der Waals surface area contributed by atoms with Gasteiger partial charge in [0.25, 0.3) is 0 Å². The molecule has 0 aliphatic carbocycles. The van der Waals surface area contributed by atoms with Crippen molar-refractivity contribution in [1.82, 2.24) is 0 Å². The Balaban J connectivity index is 1.84. The highest BCUT2D eigenvalue weighted by molar-refractivity contribution is 9.10. The molecule has 2 nitrogen and oxygen atoms in total. The summed E-state index contributed by atoms with van der Waals surface area (Å²) in [4.78, 5) is 0. The second-order valence-corrected chi connectivity index (χ2v) is 5.62. The molecule has 2 aromatic carbocycles. The topological polar surface area (TPSA) is 25.2 Å². The van der Waals surface area contributed by atoms with Gasteiger partial charge in [0.2, 0.25) is 0 Å². The number of anilines is 1. The fraction of sp³-hybridized carbons (Fsp3) is 0.125. The highest BCUT2D eigenvalue weighted by Gasteiger charge is 2.11. The molecule has 3 aromatic rings. The highest BCUT2D eigenvalue weighted by Crippen LogP contribution is 2.28. The van der Waals surface area contributed by atoms with E-state index in [1.165, 1.54) is 12.1 Å². The maximum absolute atomic E-state index is 12.9. The fourth-order valence-electron chi connectivity index (χ4n) is 2.12. The molecule has 0 saturated carbocycles. The van der Waals surface area contributed by atoms with Crippen LogP contribution >= 0.6 is 15.9 Å². The SMILES string of the molecule is CC(Nc1ccc(F)cc1)c1cc2cc(Br)ccc2o1. The van der Waals surface area contributed by atoms with Crippen molar-refractivity contribution >= 4 is 32.6 Å². The zero-order valence-electron chi connectivity index (χ0n) is 10.9. The molecule has 1 heterocycles. The molecule has 1 N–H and O–H groups in total. The lowest BCUT2D eigenvalue weighted by Gasteiger charge is -2.12. The average molecular weight is 334 g/mol. The van der Waals surface area contributed by atoms with Crippen molar-refractivity contribution in [3.63, 3.8) is 0 Å². The molecule has 0 aliphatic rings. The van der Waals surface area contributed by atoms with Gasteiger partial charge in [-0.2, -0.15) is 0 Å². The van der Waals surface area contributed by atoms with Gasteiger partial charge in [-0.25, -0.2) is 4.39 Å². The zero-order chi connectivity index (χ0) is 14.1. The number of benzene rings is 2. The Bertz CT molecular complexity index is 736. The van der Waals surface area contributed by atoms with E-state index in [0.717, 1.165) is 26.9 Å². The molecular weight excluding hydrogens is 321 g/mol. The van der Waals surface area contributed by atoms with Gasteiger partial charge in [0.05, 0.1) is 6.04 Å². The van der Waals surface area contributed by atoms with E-state index in [9.17, 15) is 4.39 Å². The lowest BCUT2D eigenvalue weighted by molar-refractivity contribution is 0.526. The molecular formula is C16H13BrFNO. The average Bonchev–Trinajstić information content (AvgIpc) is 2.84. The minimum Gasteiger partial charge on any atom is -0.459 e. The molecule has 20 heavy (non-hydrogen) atoms. The summed E-state index contributed by atoms with van der Waals surface area (Å²) in [7, 11) is 0. The lowest BCUT2D eigenvalue weighted by atomic mass is 10.2. The van der Waals surface area contributed by atoms with Crippen LogP contribution < -0.4 is 5.32 Å². The Labute approximate surface area is 124 Å². The standard InChI is InChI=1S/C16H13BrFNO/c1-10(19-14-5-3-13(18)4-6-14)16-9-11-8-12(17)2-7-15(11)20-16/h2-10,19H,1H3. The number of hydrogen-bond donors (Lipinski definition) is 1. The van der Waals surface area contributed by atoms with E-state index in [-0.39, 0.29) is 11.9 Å². The summed E-state index contributed by atoms with van der Waals surface area (Å²) in [6.07, 6.45) is 0. The summed E-state index contributed by atoms with van der Waals surface area (Å²) >= 11 is 3.45. The Morgan fingerprint density at radius 1 is 1.10 bits per heavy atom. The predicted molar refractivity (Wildman–Crippen MR) is 82.4 cm³/mol. The minimum absolute atomic E-state index is 0.00615. The lowest BCUT2D eigenvalue weighted by Crippen LogP contribution is -2.05. The van der Waals surface area contributed by atoms with E-state index in [1.54, 1.807) is 12.1 Å². The van der Waals surface area contributed by atoms with Crippen molar-refractivity contribution in [2.45, 2.75) is 13.0 Å². The van der Waals surface area contributed by atoms with Crippen LogP contribution in [0, 0.1) is 5.82 Å². The van der Waals surface area contributed by atoms with Gasteiger partial charge in [0.15, 0.2) is 0 Å². The van der Waals surface area contributed by atoms with Crippen molar-refractivity contribution in [1.29, 1.82) is 0 Å². The van der Waals surface area contributed by atoms with Crippen LogP contribution in [0.3, 0.4) is 0 Å². The molecule has 0 bridgehead atoms. The van der Waals surface area contributed by atoms with E-state index in [0.29, 0.717) is 0 Å². The molecule has 0 radical (unpaired) electrons. The summed E-state index contributed by atoms with van der Waals surface area (Å²) < 4.78 is 19.7. The zero-order valence-corrected chi connectivity index (χ0v) is 12.4. The first-order valence-electron chi connectivity index (χ1n) is 6.33. The van der Waals surface area contributed by atoms with Crippen LogP contribution in [0.1, 0.15) is 18.7 Å². The summed E-state index contributed by atoms with van der Waals surface area (Å²) in [6.45, 7) is 2.01. The summed E-state index contributed by atoms with van der Waals surface area (Å²) in [6, 6.07) is 14.2. The van der Waals surface area contributed by atoms with Gasteiger partial charge < -0.3 is 9.73 Å². The van der Waals surface area contributed by atoms with E-state index < -0.39 is 0 Å². The number of rotatable bonds is 3. The van der Waals surface area contributed by atoms with Crippen LogP contribution in [-0.4, -0.2) is 0 Å². The molecule has 0 aliphatic heterocycles. The van der Waals surface area contributed by atoms with Gasteiger partial charge >= 0.3 is 0 Å². The van der Waals surface area contributed by atoms with Gasteiger partial charge in [-0.05, 0) is 55.5 Å². The van der Waals surface area contributed by atoms with Crippen molar-refractivity contribution in [3.8, 4) is 0 Å². The first-order chi connectivity index (χ1) is 9.61. The monoisotopic (exact) mass is 333 g/mol. The predicted octanol–water partition coefficient (Wildman–Crippen LogP) is 5.51. The highest BCUT2D eigenvalue weighted by atomic mass is 79.9. The molecule has 0 saturated heterocycles. The van der Waals surface area contributed by atoms with E-state index in [2.05, 4.69) is 21.2 Å². The Morgan fingerprint density at radius 3 is 2.60 bits per heavy atom. The Morgan fingerprint density at radius 2 is 1.85 bits per heavy atom. The molecule has 1 atom stereocenters. The van der Waals surface area contributed by atoms with Crippen molar-refractivity contribution < 1.29 is 8.81 Å². The number of fused-ring (bicyclic) bond motifs is 1. The van der Waals surface area contributed by atoms with Crippen molar-refractivity contribution in [3.05, 3.63) is 64.6 Å². The normalized spacial score (nSPS) is 12.6. The first-order valence-corrected chi connectivity index (χ1v) is 7.12. The quantitative estimate of drug-likeness (QED) is 0.683. The molecule has 1 aromatic heterocycles. The smallest absolute Gasteiger partial charge is 0.134 e. The summed E-state index contributed by atoms with van der Waals surface area (Å²) in [5.41, 5.74) is 1.72. The number of furan rings is 1. The van der Waals surface area contributed by atoms with Crippen molar-refractivity contribution in [2.24, 2.45) is 0 Å². The van der Waals surface area contributed by atoms with E-state index in [1.807, 2.05) is 31.2 Å². The third-order valence-corrected chi connectivity index (χ3v) is 3.64. The van der Waals surface area contributed by atoms with Gasteiger partial charge in [-0.15, -0.1) is 0 Å². The molecule has 3 rings (SSSR count). The maximum atomic E-state index is 12.9. The summed E-state index contributed by atoms with van der Waals surface area (Å²) in [5, 5.41) is 4.35. The number of halogens is 2. The second-order valence-electron chi connectivity index (χ2n) is 4.70. The van der Waals surface area contributed by atoms with Gasteiger partial charge in [-0.1, -0.05) is 15.9 Å². The third-order valence-electron chi connectivity index (χ3n) is 3.15. The van der Waals surface area contributed by atoms with E-state index >= 15 is 0 Å². The Kier molecular flexibility index (Phi) is 3.49. The summed E-state index contributed by atoms with van der Waals surface area (Å²) in [5.74, 6) is 0.610. The largest absolute Gasteiger partial charge is 0.459 e. The van der Waals surface area contributed by atoms with Crippen LogP contribution in [0.2, 0.25) is 0 Å². The van der Waals surface area contributed by atoms with Gasteiger partial charge in [0.1, 0.15) is 17.2 Å². The third kappa shape index (κ3) is 2.70. The van der Waals surface area contributed by atoms with E-state index in [4.69, 9.17) is 4.42 Å². The Hall–Kier alpha value is -1.81. The van der Waals surface area contributed by atoms with Crippen molar-refractivity contribution in [2.75, 3.05) is 5.32 Å². The maximum Gasteiger partial charge on any atom is 0.134 e. The first kappa shape index (κ1) is 13.2. The molecule has 0 fully saturated rings. The van der Waals surface area contributed by atoms with Crippen LogP contribution in [0.4, 0.5) is 10.1 Å². The molecule has 102 valence electrons. The van der Waals surface area contributed by atoms with Gasteiger partial charge in [0, 0.05) is 15.5 Å². The molecule has 0 spiro atoms. The van der Waals surface area contributed by atoms with Gasteiger partial charge in [-0.3, -0.25) is 0 Å². The fourth-order valence-corrected chi connectivity index (χ4v) is 2.49. The van der Waals surface area contributed by atoms with Crippen LogP contribution in [0.15, 0.2) is 57.4 Å². The molecule has 4 heteroatoms. The number of hydrogen-bond acceptors (Lipinski definition) is 2. The van der Waals surface area contributed by atoms with Crippen LogP contribution in [0.25, 0.3) is 11.0 Å². The molecule has 1 unspecified atom stereocenters. The van der Waals surface area contributed by atoms with Crippen LogP contribution in [0.5, 0.6) is 0 Å².